The number of allylic oxidation sites excluding steroid dienone is 4. The third kappa shape index (κ3) is 16.2. The second kappa shape index (κ2) is 24.0. The number of esters is 1. The number of carbonyl (C=O) groups is 4. The van der Waals surface area contributed by atoms with E-state index in [1.807, 2.05) is 25.2 Å². The number of nitrogens with one attached hydrogen (secondary N) is 2. The van der Waals surface area contributed by atoms with Gasteiger partial charge < -0.3 is 39.3 Å². The predicted molar refractivity (Wildman–Crippen MR) is 228 cm³/mol. The number of methoxy groups -OCH3 is 1. The number of amides is 2. The van der Waals surface area contributed by atoms with Gasteiger partial charge >= 0.3 is 18.2 Å². The van der Waals surface area contributed by atoms with Gasteiger partial charge in [0.2, 0.25) is 0 Å². The molecule has 2 N–H and O–H groups in total. The van der Waals surface area contributed by atoms with Gasteiger partial charge in [-0.3, -0.25) is 4.79 Å². The van der Waals surface area contributed by atoms with Crippen LogP contribution in [0.15, 0.2) is 35.6 Å². The summed E-state index contributed by atoms with van der Waals surface area (Å²) in [7, 11) is 6.19. The first kappa shape index (κ1) is 50.0. The van der Waals surface area contributed by atoms with Crippen molar-refractivity contribution in [1.29, 1.82) is 0 Å². The van der Waals surface area contributed by atoms with Gasteiger partial charge in [0, 0.05) is 19.7 Å². The lowest BCUT2D eigenvalue weighted by Crippen LogP contribution is -2.52. The van der Waals surface area contributed by atoms with Crippen LogP contribution in [0.3, 0.4) is 0 Å². The number of alkyl carbamates (subject to hydrolysis) is 2. The van der Waals surface area contributed by atoms with Crippen LogP contribution in [0.5, 0.6) is 0 Å². The highest BCUT2D eigenvalue weighted by molar-refractivity contribution is 5.87. The first-order valence-corrected chi connectivity index (χ1v) is 21.7. The first-order valence-electron chi connectivity index (χ1n) is 21.7. The highest BCUT2D eigenvalue weighted by Gasteiger charge is 2.52. The third-order valence-electron chi connectivity index (χ3n) is 12.1. The predicted octanol–water partition coefficient (Wildman–Crippen LogP) is 9.55. The van der Waals surface area contributed by atoms with E-state index in [4.69, 9.17) is 18.9 Å². The van der Waals surface area contributed by atoms with Gasteiger partial charge in [-0.2, -0.15) is 0 Å². The number of rotatable bonds is 20. The molecule has 1 aliphatic heterocycles. The maximum Gasteiger partial charge on any atom is 0.412 e. The summed E-state index contributed by atoms with van der Waals surface area (Å²) in [4.78, 5) is 51.2. The SMILES string of the molecule is CCCC1CC(C)CC(N(C)C)C1.CC[C@@H](OC(=O)C(C)C=O)[C@@]1(C)OC(=O)NC1CC(C)/C(=C/CNC(=O)OC1=CCCC=C1)[C@H](C)C[C@](C)(CC(C)C)OC. The third-order valence-corrected chi connectivity index (χ3v) is 12.1. The van der Waals surface area contributed by atoms with Crippen molar-refractivity contribution in [1.82, 2.24) is 15.5 Å². The van der Waals surface area contributed by atoms with Crippen LogP contribution < -0.4 is 10.6 Å². The van der Waals surface area contributed by atoms with Crippen molar-refractivity contribution in [2.45, 2.75) is 169 Å². The molecule has 0 bridgehead atoms. The average molecular weight is 802 g/mol. The van der Waals surface area contributed by atoms with E-state index < -0.39 is 41.8 Å². The van der Waals surface area contributed by atoms with Crippen LogP contribution in [0.25, 0.3) is 0 Å². The number of nitrogens with zero attached hydrogens (tertiary/aromatic N) is 1. The zero-order valence-corrected chi connectivity index (χ0v) is 37.8. The van der Waals surface area contributed by atoms with Crippen LogP contribution in [-0.2, 0) is 28.5 Å². The van der Waals surface area contributed by atoms with E-state index in [0.717, 1.165) is 49.1 Å². The Kier molecular flexibility index (Phi) is 21.1. The summed E-state index contributed by atoms with van der Waals surface area (Å²) >= 11 is 0. The van der Waals surface area contributed by atoms with Gasteiger partial charge in [0.25, 0.3) is 0 Å². The Bertz CT molecular complexity index is 1380. The van der Waals surface area contributed by atoms with Crippen molar-refractivity contribution in [3.8, 4) is 0 Å². The van der Waals surface area contributed by atoms with Gasteiger partial charge in [0.15, 0.2) is 5.60 Å². The lowest BCUT2D eigenvalue weighted by atomic mass is 9.76. The highest BCUT2D eigenvalue weighted by Crippen LogP contribution is 2.39. The quantitative estimate of drug-likeness (QED) is 0.0406. The molecule has 0 spiro atoms. The molecule has 1 saturated heterocycles. The molecule has 10 atom stereocenters. The van der Waals surface area contributed by atoms with Crippen molar-refractivity contribution in [2.24, 2.45) is 35.5 Å². The van der Waals surface area contributed by atoms with Crippen LogP contribution in [0.4, 0.5) is 9.59 Å². The molecule has 11 heteroatoms. The summed E-state index contributed by atoms with van der Waals surface area (Å²) in [5.41, 5.74) is -0.402. The second-order valence-corrected chi connectivity index (χ2v) is 18.2. The average Bonchev–Trinajstić information content (AvgIpc) is 3.44. The Morgan fingerprint density at radius 2 is 1.79 bits per heavy atom. The van der Waals surface area contributed by atoms with Crippen LogP contribution in [0.1, 0.15) is 140 Å². The Hall–Kier alpha value is -3.18. The molecule has 0 aromatic carbocycles. The molecule has 3 aliphatic rings. The number of hydrogen-bond acceptors (Lipinski definition) is 9. The Morgan fingerprint density at radius 3 is 2.35 bits per heavy atom. The first-order chi connectivity index (χ1) is 26.8. The van der Waals surface area contributed by atoms with Crippen LogP contribution in [-0.4, -0.2) is 86.5 Å². The Morgan fingerprint density at radius 1 is 1.09 bits per heavy atom. The van der Waals surface area contributed by atoms with E-state index in [1.165, 1.54) is 39.0 Å². The van der Waals surface area contributed by atoms with Gasteiger partial charge in [-0.25, -0.2) is 9.59 Å². The monoisotopic (exact) mass is 802 g/mol. The van der Waals surface area contributed by atoms with Crippen LogP contribution in [0.2, 0.25) is 0 Å². The zero-order valence-electron chi connectivity index (χ0n) is 37.8. The molecule has 2 amide bonds. The van der Waals surface area contributed by atoms with Gasteiger partial charge in [-0.05, 0) is 134 Å². The molecule has 3 rings (SSSR count). The molecule has 0 aromatic rings. The van der Waals surface area contributed by atoms with Crippen LogP contribution >= 0.6 is 0 Å². The van der Waals surface area contributed by atoms with Gasteiger partial charge in [-0.15, -0.1) is 0 Å². The van der Waals surface area contributed by atoms with Crippen LogP contribution in [0, 0.1) is 35.5 Å². The zero-order chi connectivity index (χ0) is 42.9. The fraction of sp³-hybridized carbons (Fsp3) is 0.783. The molecule has 1 saturated carbocycles. The summed E-state index contributed by atoms with van der Waals surface area (Å²) in [6, 6.07) is 0.373. The minimum Gasteiger partial charge on any atom is -0.458 e. The summed E-state index contributed by atoms with van der Waals surface area (Å²) < 4.78 is 22.9. The lowest BCUT2D eigenvalue weighted by molar-refractivity contribution is -0.167. The van der Waals surface area contributed by atoms with E-state index in [9.17, 15) is 19.2 Å². The van der Waals surface area contributed by atoms with Gasteiger partial charge in [-0.1, -0.05) is 79.0 Å². The van der Waals surface area contributed by atoms with E-state index in [1.54, 1.807) is 20.1 Å². The maximum absolute atomic E-state index is 12.6. The molecular weight excluding hydrogens is 723 g/mol. The van der Waals surface area contributed by atoms with E-state index in [-0.39, 0.29) is 24.0 Å². The lowest BCUT2D eigenvalue weighted by Gasteiger charge is -2.38. The maximum atomic E-state index is 12.6. The molecule has 1 heterocycles. The van der Waals surface area contributed by atoms with Gasteiger partial charge in [0.05, 0.1) is 11.6 Å². The fourth-order valence-corrected chi connectivity index (χ4v) is 9.17. The standard InChI is InChI=1S/C34H54N2O8.C12H25N/c1-10-29(43-30(38)25(6)21-37)34(8)28(36-32(40)44-34)18-23(4)27(24(5)20-33(7,41-9)19-22(2)3)16-17-35-31(39)42-26-14-12-11-13-15-26;1-5-6-11-7-10(2)8-12(9-11)13(3)4/h12,14-16,21-25,28-29H,10-11,13,17-20H2,1-9H3,(H,35,39)(H,36,40);10-12H,5-9H2,1-4H3/b27-16-;/t23?,24-,25?,28?,29-,33+,34+;/m1./s1. The molecule has 11 nitrogen and oxygen atoms in total. The van der Waals surface area contributed by atoms with Crippen molar-refractivity contribution in [2.75, 3.05) is 27.7 Å². The van der Waals surface area contributed by atoms with E-state index in [0.29, 0.717) is 30.8 Å². The highest BCUT2D eigenvalue weighted by atomic mass is 16.6. The number of cyclic esters (lactones) is 1. The topological polar surface area (TPSA) is 132 Å². The fourth-order valence-electron chi connectivity index (χ4n) is 9.17. The van der Waals surface area contributed by atoms with Crippen molar-refractivity contribution in [3.05, 3.63) is 35.6 Å². The summed E-state index contributed by atoms with van der Waals surface area (Å²) in [5.74, 6) is 1.37. The van der Waals surface area contributed by atoms with E-state index >= 15 is 0 Å². The normalized spacial score (nSPS) is 26.8. The minimum atomic E-state index is -1.14. The van der Waals surface area contributed by atoms with Crippen molar-refractivity contribution < 1.29 is 38.1 Å². The number of hydrogen-bond donors (Lipinski definition) is 2. The summed E-state index contributed by atoms with van der Waals surface area (Å²) in [5, 5.41) is 5.77. The molecule has 0 radical (unpaired) electrons. The van der Waals surface area contributed by atoms with Crippen molar-refractivity contribution >= 4 is 24.4 Å². The molecule has 0 aromatic heterocycles. The number of carbonyl (C=O) groups excluding carboxylic acids is 4. The smallest absolute Gasteiger partial charge is 0.412 e. The minimum absolute atomic E-state index is 0.0552. The second-order valence-electron chi connectivity index (χ2n) is 18.2. The largest absolute Gasteiger partial charge is 0.458 e. The van der Waals surface area contributed by atoms with Crippen molar-refractivity contribution in [3.63, 3.8) is 0 Å². The molecule has 57 heavy (non-hydrogen) atoms. The molecule has 2 fully saturated rings. The summed E-state index contributed by atoms with van der Waals surface area (Å²) in [6.07, 6.45) is 17.8. The number of ether oxygens (including phenoxy) is 4. The molecular formula is C46H79N3O8. The molecule has 6 unspecified atom stereocenters. The van der Waals surface area contributed by atoms with E-state index in [2.05, 4.69) is 78.1 Å². The van der Waals surface area contributed by atoms with Gasteiger partial charge in [0.1, 0.15) is 24.1 Å². The molecule has 326 valence electrons. The molecule has 2 aliphatic carbocycles. The number of aldehydes is 1. The Labute approximate surface area is 345 Å². The summed E-state index contributed by atoms with van der Waals surface area (Å²) in [6.45, 7) is 20.8. The Balaban J connectivity index is 0.000000726.